The quantitative estimate of drug-likeness (QED) is 0.708. The second-order valence-electron chi connectivity index (χ2n) is 4.39. The first-order valence-electron chi connectivity index (χ1n) is 6.20. The molecule has 2 nitrogen and oxygen atoms in total. The van der Waals surface area contributed by atoms with Gasteiger partial charge in [-0.15, -0.1) is 0 Å². The average molecular weight is 412 g/mol. The summed E-state index contributed by atoms with van der Waals surface area (Å²) in [4.78, 5) is 4.76. The fourth-order valence-electron chi connectivity index (χ4n) is 2.01. The van der Waals surface area contributed by atoms with Crippen molar-refractivity contribution in [3.63, 3.8) is 0 Å². The Labute approximate surface area is 139 Å². The molecule has 0 amide bonds. The summed E-state index contributed by atoms with van der Waals surface area (Å²) in [7, 11) is 0. The molecule has 1 aliphatic heterocycles. The lowest BCUT2D eigenvalue weighted by molar-refractivity contribution is 0.849. The Kier molecular flexibility index (Phi) is 4.48. The van der Waals surface area contributed by atoms with Crippen molar-refractivity contribution in [2.75, 3.05) is 11.1 Å². The number of anilines is 1. The van der Waals surface area contributed by atoms with E-state index in [4.69, 9.17) is 4.99 Å². The largest absolute Gasteiger partial charge is 0.333 e. The van der Waals surface area contributed by atoms with Crippen LogP contribution in [0, 0.1) is 0 Å². The predicted molar refractivity (Wildman–Crippen MR) is 94.5 cm³/mol. The maximum absolute atomic E-state index is 4.76. The summed E-state index contributed by atoms with van der Waals surface area (Å²) >= 11 is 8.87. The van der Waals surface area contributed by atoms with Gasteiger partial charge >= 0.3 is 0 Å². The second-order valence-corrected chi connectivity index (χ2v) is 7.11. The van der Waals surface area contributed by atoms with E-state index in [1.807, 2.05) is 24.3 Å². The molecule has 0 radical (unpaired) electrons. The van der Waals surface area contributed by atoms with Crippen molar-refractivity contribution in [2.45, 2.75) is 6.04 Å². The van der Waals surface area contributed by atoms with E-state index in [1.165, 1.54) is 5.56 Å². The molecular weight excluding hydrogens is 400 g/mol. The molecular formula is C15H12Br2N2S. The number of hydrogen-bond donors (Lipinski definition) is 1. The number of nitrogens with zero attached hydrogens (tertiary/aromatic N) is 1. The molecule has 1 atom stereocenters. The number of thioether (sulfide) groups is 1. The molecule has 20 heavy (non-hydrogen) atoms. The third kappa shape index (κ3) is 3.10. The summed E-state index contributed by atoms with van der Waals surface area (Å²) < 4.78 is 2.05. The van der Waals surface area contributed by atoms with Gasteiger partial charge in [0.25, 0.3) is 0 Å². The van der Waals surface area contributed by atoms with Crippen molar-refractivity contribution in [1.29, 1.82) is 0 Å². The van der Waals surface area contributed by atoms with Crippen LogP contribution in [0.3, 0.4) is 0 Å². The lowest BCUT2D eigenvalue weighted by Gasteiger charge is -2.09. The third-order valence-corrected chi connectivity index (χ3v) is 5.32. The molecule has 3 rings (SSSR count). The zero-order valence-corrected chi connectivity index (χ0v) is 14.5. The molecule has 1 N–H and O–H groups in total. The molecule has 0 saturated carbocycles. The molecule has 2 aromatic rings. The van der Waals surface area contributed by atoms with E-state index in [9.17, 15) is 0 Å². The minimum Gasteiger partial charge on any atom is -0.333 e. The molecule has 0 spiro atoms. The topological polar surface area (TPSA) is 24.4 Å². The highest BCUT2D eigenvalue weighted by molar-refractivity contribution is 9.11. The maximum atomic E-state index is 4.76. The van der Waals surface area contributed by atoms with Crippen molar-refractivity contribution in [3.05, 3.63) is 63.0 Å². The summed E-state index contributed by atoms with van der Waals surface area (Å²) in [5.41, 5.74) is 2.29. The molecule has 5 heteroatoms. The van der Waals surface area contributed by atoms with Crippen LogP contribution in [0.2, 0.25) is 0 Å². The number of halogens is 2. The smallest absolute Gasteiger partial charge is 0.161 e. The van der Waals surface area contributed by atoms with Crippen LogP contribution in [-0.4, -0.2) is 10.9 Å². The molecule has 0 fully saturated rings. The first kappa shape index (κ1) is 14.2. The summed E-state index contributed by atoms with van der Waals surface area (Å²) in [6.07, 6.45) is 0. The Balaban J connectivity index is 1.80. The van der Waals surface area contributed by atoms with Gasteiger partial charge in [-0.05, 0) is 49.6 Å². The fraction of sp³-hybridized carbons (Fsp3) is 0.133. The van der Waals surface area contributed by atoms with E-state index in [1.54, 1.807) is 11.8 Å². The lowest BCUT2D eigenvalue weighted by atomic mass is 10.1. The average Bonchev–Trinajstić information content (AvgIpc) is 2.93. The lowest BCUT2D eigenvalue weighted by Crippen LogP contribution is -2.06. The molecule has 1 heterocycles. The van der Waals surface area contributed by atoms with Gasteiger partial charge in [0.05, 0.1) is 11.7 Å². The van der Waals surface area contributed by atoms with Crippen molar-refractivity contribution >= 4 is 54.5 Å². The molecule has 0 bridgehead atoms. The van der Waals surface area contributed by atoms with Crippen molar-refractivity contribution < 1.29 is 0 Å². The second kappa shape index (κ2) is 6.33. The predicted octanol–water partition coefficient (Wildman–Crippen LogP) is 5.47. The van der Waals surface area contributed by atoms with E-state index in [0.717, 1.165) is 25.6 Å². The van der Waals surface area contributed by atoms with Gasteiger partial charge in [0.2, 0.25) is 0 Å². The van der Waals surface area contributed by atoms with Gasteiger partial charge in [-0.3, -0.25) is 4.99 Å². The summed E-state index contributed by atoms with van der Waals surface area (Å²) in [6.45, 7) is 0. The Hall–Kier alpha value is -0.780. The Bertz CT molecular complexity index is 623. The minimum absolute atomic E-state index is 0.241. The van der Waals surface area contributed by atoms with Gasteiger partial charge in [0.1, 0.15) is 0 Å². The molecule has 1 aliphatic rings. The summed E-state index contributed by atoms with van der Waals surface area (Å²) in [5, 5.41) is 4.36. The third-order valence-electron chi connectivity index (χ3n) is 3.03. The van der Waals surface area contributed by atoms with Crippen LogP contribution in [0.15, 0.2) is 62.5 Å². The van der Waals surface area contributed by atoms with Gasteiger partial charge in [0.15, 0.2) is 5.17 Å². The van der Waals surface area contributed by atoms with Gasteiger partial charge in [-0.25, -0.2) is 0 Å². The summed E-state index contributed by atoms with van der Waals surface area (Å²) in [6, 6.07) is 16.7. The molecule has 102 valence electrons. The van der Waals surface area contributed by atoms with Gasteiger partial charge in [-0.1, -0.05) is 48.2 Å². The van der Waals surface area contributed by atoms with Crippen LogP contribution in [-0.2, 0) is 0 Å². The number of hydrogen-bond acceptors (Lipinski definition) is 3. The number of rotatable bonds is 2. The van der Waals surface area contributed by atoms with Gasteiger partial charge in [-0.2, -0.15) is 0 Å². The van der Waals surface area contributed by atoms with Crippen LogP contribution in [0.25, 0.3) is 0 Å². The number of nitrogens with one attached hydrogen (secondary N) is 1. The van der Waals surface area contributed by atoms with E-state index in [0.29, 0.717) is 0 Å². The Morgan fingerprint density at radius 2 is 1.70 bits per heavy atom. The number of para-hydroxylation sites is 1. The van der Waals surface area contributed by atoms with Crippen LogP contribution < -0.4 is 5.32 Å². The Morgan fingerprint density at radius 3 is 2.40 bits per heavy atom. The standard InChI is InChI=1S/C15H12Br2N2S/c16-11-7-4-8-12(17)14(11)19-15-18-13(9-20-15)10-5-2-1-3-6-10/h1-8,13H,9H2,(H,18,19). The number of benzene rings is 2. The SMILES string of the molecule is Brc1cccc(Br)c1NC1=NC(c2ccccc2)CS1. The van der Waals surface area contributed by atoms with Crippen LogP contribution in [0.5, 0.6) is 0 Å². The first-order valence-corrected chi connectivity index (χ1v) is 8.78. The Morgan fingerprint density at radius 1 is 1.00 bits per heavy atom. The zero-order valence-electron chi connectivity index (χ0n) is 10.5. The zero-order chi connectivity index (χ0) is 13.9. The van der Waals surface area contributed by atoms with Crippen LogP contribution >= 0.6 is 43.6 Å². The van der Waals surface area contributed by atoms with E-state index < -0.39 is 0 Å². The highest BCUT2D eigenvalue weighted by atomic mass is 79.9. The normalized spacial score (nSPS) is 17.9. The molecule has 0 saturated heterocycles. The van der Waals surface area contributed by atoms with Crippen molar-refractivity contribution in [3.8, 4) is 0 Å². The fourth-order valence-corrected chi connectivity index (χ4v) is 4.17. The van der Waals surface area contributed by atoms with Gasteiger partial charge < -0.3 is 5.32 Å². The molecule has 0 aliphatic carbocycles. The number of amidine groups is 1. The van der Waals surface area contributed by atoms with Crippen LogP contribution in [0.1, 0.15) is 11.6 Å². The van der Waals surface area contributed by atoms with Crippen molar-refractivity contribution in [1.82, 2.24) is 0 Å². The molecule has 2 aromatic carbocycles. The van der Waals surface area contributed by atoms with E-state index in [-0.39, 0.29) is 6.04 Å². The molecule has 1 unspecified atom stereocenters. The van der Waals surface area contributed by atoms with E-state index >= 15 is 0 Å². The van der Waals surface area contributed by atoms with Gasteiger partial charge in [0, 0.05) is 14.7 Å². The maximum Gasteiger partial charge on any atom is 0.161 e. The number of aliphatic imine (C=N–C) groups is 1. The van der Waals surface area contributed by atoms with Crippen LogP contribution in [0.4, 0.5) is 5.69 Å². The highest BCUT2D eigenvalue weighted by Crippen LogP contribution is 2.35. The highest BCUT2D eigenvalue weighted by Gasteiger charge is 2.20. The van der Waals surface area contributed by atoms with Crippen molar-refractivity contribution in [2.24, 2.45) is 4.99 Å². The minimum atomic E-state index is 0.241. The van der Waals surface area contributed by atoms with E-state index in [2.05, 4.69) is 61.4 Å². The first-order chi connectivity index (χ1) is 9.74. The monoisotopic (exact) mass is 410 g/mol. The summed E-state index contributed by atoms with van der Waals surface area (Å²) in [5.74, 6) is 0.981. The molecule has 0 aromatic heterocycles.